The summed E-state index contributed by atoms with van der Waals surface area (Å²) in [5.74, 6) is 0.0517. The zero-order valence-electron chi connectivity index (χ0n) is 17.4. The first-order chi connectivity index (χ1) is 15.4. The minimum Gasteiger partial charge on any atom is -0.493 e. The Hall–Kier alpha value is -3.30. The maximum Gasteiger partial charge on any atom is 0.419 e. The molecule has 3 heterocycles. The number of nitrogens with zero attached hydrogens (tertiary/aromatic N) is 4. The monoisotopic (exact) mass is 447 g/mol. The average molecular weight is 447 g/mol. The molecule has 0 unspecified atom stereocenters. The minimum absolute atomic E-state index is 0.0930. The SMILES string of the molecule is O=C(CCn1cccn1)N1CC[C@H](c2cc(CCOc3ccccc3C(F)(F)F)[nH]n2)C1. The first-order valence-electron chi connectivity index (χ1n) is 10.5. The lowest BCUT2D eigenvalue weighted by molar-refractivity contribution is -0.139. The van der Waals surface area contributed by atoms with Gasteiger partial charge >= 0.3 is 6.18 Å². The van der Waals surface area contributed by atoms with Crippen LogP contribution in [0.5, 0.6) is 5.75 Å². The molecule has 170 valence electrons. The Kier molecular flexibility index (Phi) is 6.48. The molecule has 4 rings (SSSR count). The standard InChI is InChI=1S/C22H24F3N5O2/c23-22(24,25)18-4-1-2-5-20(18)32-13-8-17-14-19(28-27-17)16-6-11-29(15-16)21(31)7-12-30-10-3-9-26-30/h1-5,9-10,14,16H,6-8,11-13,15H2,(H,27,28)/t16-/m0/s1. The molecule has 10 heteroatoms. The number of likely N-dealkylation sites (tertiary alicyclic amines) is 1. The number of ether oxygens (including phenoxy) is 1. The summed E-state index contributed by atoms with van der Waals surface area (Å²) < 4.78 is 46.3. The molecule has 1 aromatic carbocycles. The van der Waals surface area contributed by atoms with Crippen molar-refractivity contribution >= 4 is 5.91 Å². The third-order valence-corrected chi connectivity index (χ3v) is 5.55. The van der Waals surface area contributed by atoms with E-state index in [9.17, 15) is 18.0 Å². The molecule has 1 aliphatic heterocycles. The molecule has 1 fully saturated rings. The summed E-state index contributed by atoms with van der Waals surface area (Å²) in [5.41, 5.74) is 0.861. The molecule has 7 nitrogen and oxygen atoms in total. The Bertz CT molecular complexity index is 1030. The summed E-state index contributed by atoms with van der Waals surface area (Å²) in [7, 11) is 0. The molecule has 0 saturated carbocycles. The number of H-pyrrole nitrogens is 1. The number of rotatable bonds is 8. The van der Waals surface area contributed by atoms with Crippen LogP contribution < -0.4 is 4.74 Å². The number of aromatic nitrogens is 4. The average Bonchev–Trinajstić information content (AvgIpc) is 3.53. The van der Waals surface area contributed by atoms with Crippen molar-refractivity contribution in [3.63, 3.8) is 0 Å². The van der Waals surface area contributed by atoms with Crippen molar-refractivity contribution in [2.24, 2.45) is 0 Å². The fourth-order valence-corrected chi connectivity index (χ4v) is 3.84. The number of aryl methyl sites for hydroxylation is 1. The topological polar surface area (TPSA) is 76.0 Å². The summed E-state index contributed by atoms with van der Waals surface area (Å²) in [4.78, 5) is 14.3. The van der Waals surface area contributed by atoms with Gasteiger partial charge < -0.3 is 9.64 Å². The predicted octanol–water partition coefficient (Wildman–Crippen LogP) is 3.65. The summed E-state index contributed by atoms with van der Waals surface area (Å²) in [6, 6.07) is 8.90. The number of para-hydroxylation sites is 1. The third kappa shape index (κ3) is 5.30. The molecule has 0 spiro atoms. The molecule has 0 bridgehead atoms. The van der Waals surface area contributed by atoms with Gasteiger partial charge in [-0.3, -0.25) is 14.6 Å². The number of halogens is 3. The largest absolute Gasteiger partial charge is 0.493 e. The Labute approximate surface area is 183 Å². The zero-order chi connectivity index (χ0) is 22.6. The molecule has 1 amide bonds. The Morgan fingerprint density at radius 2 is 2.09 bits per heavy atom. The van der Waals surface area contributed by atoms with E-state index in [0.717, 1.165) is 23.9 Å². The molecule has 0 aliphatic carbocycles. The maximum absolute atomic E-state index is 13.1. The van der Waals surface area contributed by atoms with Gasteiger partial charge in [0, 0.05) is 56.5 Å². The lowest BCUT2D eigenvalue weighted by Crippen LogP contribution is -2.29. The van der Waals surface area contributed by atoms with E-state index in [1.807, 2.05) is 23.2 Å². The van der Waals surface area contributed by atoms with Gasteiger partial charge in [-0.1, -0.05) is 12.1 Å². The van der Waals surface area contributed by atoms with Crippen LogP contribution in [0.1, 0.15) is 35.7 Å². The number of hydrogen-bond acceptors (Lipinski definition) is 4. The van der Waals surface area contributed by atoms with E-state index in [4.69, 9.17) is 4.74 Å². The van der Waals surface area contributed by atoms with Crippen LogP contribution >= 0.6 is 0 Å². The van der Waals surface area contributed by atoms with E-state index >= 15 is 0 Å². The van der Waals surface area contributed by atoms with Gasteiger partial charge in [0.2, 0.25) is 5.91 Å². The van der Waals surface area contributed by atoms with Crippen LogP contribution in [0.4, 0.5) is 13.2 Å². The van der Waals surface area contributed by atoms with Gasteiger partial charge in [-0.05, 0) is 30.7 Å². The fourth-order valence-electron chi connectivity index (χ4n) is 3.84. The van der Waals surface area contributed by atoms with E-state index in [1.54, 1.807) is 10.9 Å². The van der Waals surface area contributed by atoms with E-state index in [1.165, 1.54) is 18.2 Å². The highest BCUT2D eigenvalue weighted by atomic mass is 19.4. The molecule has 1 aliphatic rings. The van der Waals surface area contributed by atoms with Crippen LogP contribution in [0.15, 0.2) is 48.8 Å². The van der Waals surface area contributed by atoms with Gasteiger partial charge in [0.25, 0.3) is 0 Å². The number of hydrogen-bond donors (Lipinski definition) is 1. The number of carbonyl (C=O) groups excluding carboxylic acids is 1. The number of carbonyl (C=O) groups is 1. The summed E-state index contributed by atoms with van der Waals surface area (Å²) >= 11 is 0. The fraction of sp³-hybridized carbons (Fsp3) is 0.409. The molecule has 1 saturated heterocycles. The van der Waals surface area contributed by atoms with E-state index in [0.29, 0.717) is 32.5 Å². The lowest BCUT2D eigenvalue weighted by atomic mass is 10.0. The predicted molar refractivity (Wildman–Crippen MR) is 110 cm³/mol. The van der Waals surface area contributed by atoms with Crippen molar-refractivity contribution < 1.29 is 22.7 Å². The highest BCUT2D eigenvalue weighted by Crippen LogP contribution is 2.36. The van der Waals surface area contributed by atoms with Crippen molar-refractivity contribution in [1.29, 1.82) is 0 Å². The second-order valence-corrected chi connectivity index (χ2v) is 7.75. The Morgan fingerprint density at radius 1 is 1.25 bits per heavy atom. The van der Waals surface area contributed by atoms with Gasteiger partial charge in [0.05, 0.1) is 17.9 Å². The van der Waals surface area contributed by atoms with Crippen LogP contribution in [0.25, 0.3) is 0 Å². The number of alkyl halides is 3. The van der Waals surface area contributed by atoms with E-state index < -0.39 is 11.7 Å². The first kappa shape index (κ1) is 21.9. The maximum atomic E-state index is 13.1. The van der Waals surface area contributed by atoms with Gasteiger partial charge in [0.1, 0.15) is 5.75 Å². The molecule has 2 aromatic heterocycles. The molecule has 0 radical (unpaired) electrons. The normalized spacial score (nSPS) is 16.5. The van der Waals surface area contributed by atoms with Crippen molar-refractivity contribution in [3.8, 4) is 5.75 Å². The molecule has 3 aromatic rings. The van der Waals surface area contributed by atoms with Crippen LogP contribution in [0, 0.1) is 0 Å². The molecule has 32 heavy (non-hydrogen) atoms. The van der Waals surface area contributed by atoms with Crippen molar-refractivity contribution in [1.82, 2.24) is 24.9 Å². The highest BCUT2D eigenvalue weighted by molar-refractivity contribution is 5.76. The molecular formula is C22H24F3N5O2. The quantitative estimate of drug-likeness (QED) is 0.572. The van der Waals surface area contributed by atoms with Gasteiger partial charge in [-0.25, -0.2) is 0 Å². The van der Waals surface area contributed by atoms with Gasteiger partial charge in [-0.15, -0.1) is 0 Å². The van der Waals surface area contributed by atoms with Gasteiger partial charge in [-0.2, -0.15) is 23.4 Å². The highest BCUT2D eigenvalue weighted by Gasteiger charge is 2.34. The Balaban J connectivity index is 1.26. The minimum atomic E-state index is -4.46. The molecule has 1 N–H and O–H groups in total. The van der Waals surface area contributed by atoms with E-state index in [-0.39, 0.29) is 24.2 Å². The van der Waals surface area contributed by atoms with Crippen LogP contribution in [-0.4, -0.2) is 50.5 Å². The second-order valence-electron chi connectivity index (χ2n) is 7.75. The Morgan fingerprint density at radius 3 is 2.88 bits per heavy atom. The first-order valence-corrected chi connectivity index (χ1v) is 10.5. The molecule has 1 atom stereocenters. The third-order valence-electron chi connectivity index (χ3n) is 5.55. The van der Waals surface area contributed by atoms with Crippen molar-refractivity contribution in [2.45, 2.75) is 37.9 Å². The number of benzene rings is 1. The van der Waals surface area contributed by atoms with Crippen LogP contribution in [0.2, 0.25) is 0 Å². The lowest BCUT2D eigenvalue weighted by Gasteiger charge is -2.16. The number of nitrogens with one attached hydrogen (secondary N) is 1. The second kappa shape index (κ2) is 9.46. The summed E-state index contributed by atoms with van der Waals surface area (Å²) in [6.45, 7) is 1.94. The van der Waals surface area contributed by atoms with Crippen molar-refractivity contribution in [3.05, 3.63) is 65.7 Å². The molecular weight excluding hydrogens is 423 g/mol. The number of amides is 1. The summed E-state index contributed by atoms with van der Waals surface area (Å²) in [5, 5.41) is 11.4. The summed E-state index contributed by atoms with van der Waals surface area (Å²) in [6.07, 6.45) is 0.687. The van der Waals surface area contributed by atoms with Crippen molar-refractivity contribution in [2.75, 3.05) is 19.7 Å². The van der Waals surface area contributed by atoms with E-state index in [2.05, 4.69) is 15.3 Å². The van der Waals surface area contributed by atoms with Crippen LogP contribution in [0.3, 0.4) is 0 Å². The number of aromatic amines is 1. The van der Waals surface area contributed by atoms with Gasteiger partial charge in [0.15, 0.2) is 0 Å². The smallest absolute Gasteiger partial charge is 0.419 e. The zero-order valence-corrected chi connectivity index (χ0v) is 17.4. The van der Waals surface area contributed by atoms with Crippen LogP contribution in [-0.2, 0) is 23.9 Å².